The van der Waals surface area contributed by atoms with Gasteiger partial charge in [-0.3, -0.25) is 4.79 Å². The van der Waals surface area contributed by atoms with Gasteiger partial charge in [-0.1, -0.05) is 18.2 Å². The molecule has 5 heteroatoms. The number of rotatable bonds is 3. The zero-order valence-electron chi connectivity index (χ0n) is 13.0. The summed E-state index contributed by atoms with van der Waals surface area (Å²) in [6, 6.07) is 8.89. The van der Waals surface area contributed by atoms with E-state index >= 15 is 0 Å². The van der Waals surface area contributed by atoms with Crippen molar-refractivity contribution in [3.8, 4) is 11.5 Å². The second-order valence-corrected chi connectivity index (χ2v) is 5.62. The molecule has 1 unspecified atom stereocenters. The zero-order chi connectivity index (χ0) is 16.7. The van der Waals surface area contributed by atoms with Gasteiger partial charge in [-0.25, -0.2) is 4.79 Å². The number of aliphatic carboxylic acids is 1. The summed E-state index contributed by atoms with van der Waals surface area (Å²) < 4.78 is 10.4. The zero-order valence-corrected chi connectivity index (χ0v) is 13.0. The Morgan fingerprint density at radius 2 is 1.52 bits per heavy atom. The number of carbonyl (C=O) groups excluding carboxylic acids is 1. The molecule has 0 amide bonds. The number of ketones is 1. The Kier molecular flexibility index (Phi) is 3.56. The summed E-state index contributed by atoms with van der Waals surface area (Å²) in [6.07, 6.45) is -1.37. The predicted molar refractivity (Wildman–Crippen MR) is 83.2 cm³/mol. The number of ether oxygens (including phenoxy) is 2. The van der Waals surface area contributed by atoms with E-state index in [0.717, 1.165) is 11.1 Å². The van der Waals surface area contributed by atoms with E-state index in [2.05, 4.69) is 0 Å². The largest absolute Gasteiger partial charge is 0.476 e. The topological polar surface area (TPSA) is 72.8 Å². The number of carboxylic acid groups (broad SMARTS) is 1. The molecule has 0 aromatic heterocycles. The van der Waals surface area contributed by atoms with Gasteiger partial charge in [-0.2, -0.15) is 0 Å². The molecule has 0 saturated heterocycles. The van der Waals surface area contributed by atoms with Crippen molar-refractivity contribution in [3.63, 3.8) is 0 Å². The third kappa shape index (κ3) is 2.54. The first-order valence-corrected chi connectivity index (χ1v) is 7.20. The summed E-state index contributed by atoms with van der Waals surface area (Å²) in [5.41, 5.74) is 3.65. The Hall–Kier alpha value is -2.82. The van der Waals surface area contributed by atoms with E-state index in [1.165, 1.54) is 0 Å². The molecule has 1 atom stereocenters. The molecule has 2 aromatic rings. The van der Waals surface area contributed by atoms with Crippen LogP contribution in [0.15, 0.2) is 30.3 Å². The maximum atomic E-state index is 12.9. The normalized spacial score (nSPS) is 15.5. The molecule has 0 fully saturated rings. The first kappa shape index (κ1) is 15.1. The molecule has 5 nitrogen and oxygen atoms in total. The van der Waals surface area contributed by atoms with Gasteiger partial charge in [0.15, 0.2) is 17.3 Å². The molecule has 1 aliphatic heterocycles. The summed E-state index contributed by atoms with van der Waals surface area (Å²) in [5.74, 6) is -0.699. The lowest BCUT2D eigenvalue weighted by atomic mass is 9.92. The van der Waals surface area contributed by atoms with Crippen LogP contribution in [0.3, 0.4) is 0 Å². The fraction of sp³-hybridized carbons (Fsp3) is 0.222. The van der Waals surface area contributed by atoms with Crippen LogP contribution < -0.4 is 9.47 Å². The molecule has 0 aliphatic carbocycles. The standard InChI is InChI=1S/C18H16O5/c1-9-5-4-6-10(2)15(9)16(19)12-8-14-13(7-11(12)3)22-18(23-14)17(20)21/h4-8,18H,1-3H3,(H,20,21). The van der Waals surface area contributed by atoms with Crippen LogP contribution in [-0.2, 0) is 4.79 Å². The third-order valence-electron chi connectivity index (χ3n) is 3.91. The summed E-state index contributed by atoms with van der Waals surface area (Å²) in [7, 11) is 0. The van der Waals surface area contributed by atoms with Crippen LogP contribution >= 0.6 is 0 Å². The van der Waals surface area contributed by atoms with Gasteiger partial charge in [-0.05, 0) is 49.6 Å². The number of hydrogen-bond acceptors (Lipinski definition) is 4. The van der Waals surface area contributed by atoms with Gasteiger partial charge in [0.25, 0.3) is 0 Å². The third-order valence-corrected chi connectivity index (χ3v) is 3.91. The SMILES string of the molecule is Cc1cc2c(cc1C(=O)c1c(C)cccc1C)OC(C(=O)O)O2. The van der Waals surface area contributed by atoms with Crippen molar-refractivity contribution in [2.75, 3.05) is 0 Å². The Morgan fingerprint density at radius 1 is 0.957 bits per heavy atom. The van der Waals surface area contributed by atoms with Crippen molar-refractivity contribution in [2.24, 2.45) is 0 Å². The van der Waals surface area contributed by atoms with Gasteiger partial charge < -0.3 is 14.6 Å². The van der Waals surface area contributed by atoms with Crippen LogP contribution in [-0.4, -0.2) is 23.1 Å². The van der Waals surface area contributed by atoms with Crippen LogP contribution in [0.2, 0.25) is 0 Å². The summed E-state index contributed by atoms with van der Waals surface area (Å²) >= 11 is 0. The van der Waals surface area contributed by atoms with Crippen LogP contribution in [0, 0.1) is 20.8 Å². The Bertz CT molecular complexity index is 802. The number of benzene rings is 2. The molecule has 0 radical (unpaired) electrons. The number of carbonyl (C=O) groups is 2. The molecule has 0 bridgehead atoms. The van der Waals surface area contributed by atoms with E-state index in [1.54, 1.807) is 19.1 Å². The van der Waals surface area contributed by atoms with E-state index in [0.29, 0.717) is 22.4 Å². The summed E-state index contributed by atoms with van der Waals surface area (Å²) in [5, 5.41) is 8.97. The molecular weight excluding hydrogens is 296 g/mol. The highest BCUT2D eigenvalue weighted by molar-refractivity contribution is 6.12. The molecule has 23 heavy (non-hydrogen) atoms. The Balaban J connectivity index is 2.04. The first-order chi connectivity index (χ1) is 10.9. The van der Waals surface area contributed by atoms with E-state index < -0.39 is 12.3 Å². The van der Waals surface area contributed by atoms with Gasteiger partial charge in [0.2, 0.25) is 0 Å². The highest BCUT2D eigenvalue weighted by Crippen LogP contribution is 2.38. The van der Waals surface area contributed by atoms with Crippen molar-refractivity contribution >= 4 is 11.8 Å². The number of aryl methyl sites for hydroxylation is 3. The van der Waals surface area contributed by atoms with Crippen LogP contribution in [0.1, 0.15) is 32.6 Å². The van der Waals surface area contributed by atoms with Gasteiger partial charge in [-0.15, -0.1) is 0 Å². The van der Waals surface area contributed by atoms with E-state index in [4.69, 9.17) is 14.6 Å². The highest BCUT2D eigenvalue weighted by Gasteiger charge is 2.32. The maximum Gasteiger partial charge on any atom is 0.387 e. The molecule has 1 N–H and O–H groups in total. The van der Waals surface area contributed by atoms with Gasteiger partial charge in [0, 0.05) is 11.1 Å². The molecule has 1 aliphatic rings. The van der Waals surface area contributed by atoms with Crippen molar-refractivity contribution in [2.45, 2.75) is 27.1 Å². The van der Waals surface area contributed by atoms with Crippen molar-refractivity contribution in [1.82, 2.24) is 0 Å². The average Bonchev–Trinajstić information content (AvgIpc) is 2.89. The maximum absolute atomic E-state index is 12.9. The Labute approximate surface area is 133 Å². The molecule has 3 rings (SSSR count). The molecule has 118 valence electrons. The molecular formula is C18H16O5. The molecule has 0 spiro atoms. The van der Waals surface area contributed by atoms with Gasteiger partial charge in [0.05, 0.1) is 0 Å². The van der Waals surface area contributed by atoms with E-state index in [9.17, 15) is 9.59 Å². The minimum Gasteiger partial charge on any atom is -0.476 e. The van der Waals surface area contributed by atoms with Gasteiger partial charge in [0.1, 0.15) is 0 Å². The fourth-order valence-electron chi connectivity index (χ4n) is 2.75. The van der Waals surface area contributed by atoms with Crippen LogP contribution in [0.25, 0.3) is 0 Å². The number of carboxylic acids is 1. The summed E-state index contributed by atoms with van der Waals surface area (Å²) in [4.78, 5) is 23.9. The van der Waals surface area contributed by atoms with Crippen LogP contribution in [0.4, 0.5) is 0 Å². The Morgan fingerprint density at radius 3 is 2.09 bits per heavy atom. The van der Waals surface area contributed by atoms with Crippen molar-refractivity contribution < 1.29 is 24.2 Å². The minimum absolute atomic E-state index is 0.108. The second-order valence-electron chi connectivity index (χ2n) is 5.62. The van der Waals surface area contributed by atoms with Crippen molar-refractivity contribution in [1.29, 1.82) is 0 Å². The lowest BCUT2D eigenvalue weighted by Crippen LogP contribution is -2.28. The van der Waals surface area contributed by atoms with E-state index in [1.807, 2.05) is 32.0 Å². The lowest BCUT2D eigenvalue weighted by molar-refractivity contribution is -0.154. The van der Waals surface area contributed by atoms with Crippen molar-refractivity contribution in [3.05, 3.63) is 58.1 Å². The lowest BCUT2D eigenvalue weighted by Gasteiger charge is -2.11. The number of fused-ring (bicyclic) bond motifs is 1. The molecule has 1 heterocycles. The first-order valence-electron chi connectivity index (χ1n) is 7.20. The highest BCUT2D eigenvalue weighted by atomic mass is 16.7. The fourth-order valence-corrected chi connectivity index (χ4v) is 2.75. The van der Waals surface area contributed by atoms with E-state index in [-0.39, 0.29) is 11.5 Å². The molecule has 0 saturated carbocycles. The monoisotopic (exact) mass is 312 g/mol. The quantitative estimate of drug-likeness (QED) is 0.882. The number of hydrogen-bond donors (Lipinski definition) is 1. The average molecular weight is 312 g/mol. The second kappa shape index (κ2) is 5.43. The molecule has 2 aromatic carbocycles. The minimum atomic E-state index is -1.37. The predicted octanol–water partition coefficient (Wildman–Crippen LogP) is 3.02. The smallest absolute Gasteiger partial charge is 0.387 e. The van der Waals surface area contributed by atoms with Crippen LogP contribution in [0.5, 0.6) is 11.5 Å². The van der Waals surface area contributed by atoms with Gasteiger partial charge >= 0.3 is 12.3 Å². The summed E-state index contributed by atoms with van der Waals surface area (Å²) in [6.45, 7) is 5.57.